The Kier molecular flexibility index (Phi) is 6.45. The molecule has 170 valence electrons. The Hall–Kier alpha value is -3.66. The summed E-state index contributed by atoms with van der Waals surface area (Å²) in [6.45, 7) is 4.24. The zero-order valence-electron chi connectivity index (χ0n) is 18.3. The SMILES string of the molecule is CC[C@@]1(c2ccccc2)NC(=O)N(NC(=O)CSc2nnc(C)n2Cc2ccccc2)C1=O. The third-order valence-corrected chi connectivity index (χ3v) is 6.51. The van der Waals surface area contributed by atoms with Crippen LogP contribution in [-0.4, -0.2) is 43.4 Å². The van der Waals surface area contributed by atoms with Crippen LogP contribution in [-0.2, 0) is 21.7 Å². The second-order valence-electron chi connectivity index (χ2n) is 7.62. The van der Waals surface area contributed by atoms with E-state index in [0.717, 1.165) is 16.4 Å². The van der Waals surface area contributed by atoms with E-state index in [-0.39, 0.29) is 5.75 Å². The Morgan fingerprint density at radius 3 is 2.39 bits per heavy atom. The number of carbonyl (C=O) groups is 3. The summed E-state index contributed by atoms with van der Waals surface area (Å²) in [6.07, 6.45) is 0.352. The Labute approximate surface area is 195 Å². The standard InChI is InChI=1S/C23H24N6O3S/c1-3-23(18-12-8-5-9-13-18)20(31)29(21(32)24-23)27-19(30)15-33-22-26-25-16(2)28(22)14-17-10-6-4-7-11-17/h4-13H,3,14-15H2,1-2H3,(H,24,32)(H,27,30)/t23-/m0/s1. The number of hydrogen-bond donors (Lipinski definition) is 2. The highest BCUT2D eigenvalue weighted by Gasteiger charge is 2.52. The lowest BCUT2D eigenvalue weighted by atomic mass is 9.87. The van der Waals surface area contributed by atoms with E-state index in [0.29, 0.717) is 23.7 Å². The maximum Gasteiger partial charge on any atom is 0.344 e. The van der Waals surface area contributed by atoms with Gasteiger partial charge in [-0.15, -0.1) is 10.2 Å². The summed E-state index contributed by atoms with van der Waals surface area (Å²) in [5.74, 6) is -0.307. The van der Waals surface area contributed by atoms with Gasteiger partial charge in [0.05, 0.1) is 12.3 Å². The third-order valence-electron chi connectivity index (χ3n) is 5.54. The maximum atomic E-state index is 13.1. The van der Waals surface area contributed by atoms with Crippen molar-refractivity contribution in [2.75, 3.05) is 5.75 Å². The first-order valence-corrected chi connectivity index (χ1v) is 11.5. The van der Waals surface area contributed by atoms with Crippen LogP contribution in [0.1, 0.15) is 30.3 Å². The van der Waals surface area contributed by atoms with Crippen LogP contribution in [0.15, 0.2) is 65.8 Å². The van der Waals surface area contributed by atoms with Crippen molar-refractivity contribution in [1.82, 2.24) is 30.5 Å². The number of hydrazine groups is 1. The number of rotatable bonds is 8. The number of hydrogen-bond acceptors (Lipinski definition) is 6. The minimum atomic E-state index is -1.20. The van der Waals surface area contributed by atoms with Gasteiger partial charge in [-0.2, -0.15) is 5.01 Å². The number of nitrogens with zero attached hydrogens (tertiary/aromatic N) is 4. The van der Waals surface area contributed by atoms with Crippen LogP contribution < -0.4 is 10.7 Å². The summed E-state index contributed by atoms with van der Waals surface area (Å²) in [6, 6.07) is 18.2. The molecule has 2 N–H and O–H groups in total. The monoisotopic (exact) mass is 464 g/mol. The average Bonchev–Trinajstić information content (AvgIpc) is 3.30. The topological polar surface area (TPSA) is 109 Å². The summed E-state index contributed by atoms with van der Waals surface area (Å²) < 4.78 is 1.92. The summed E-state index contributed by atoms with van der Waals surface area (Å²) in [4.78, 5) is 38.3. The van der Waals surface area contributed by atoms with E-state index in [2.05, 4.69) is 20.9 Å². The quantitative estimate of drug-likeness (QED) is 0.392. The molecule has 0 saturated carbocycles. The average molecular weight is 465 g/mol. The maximum absolute atomic E-state index is 13.1. The molecule has 1 aromatic heterocycles. The van der Waals surface area contributed by atoms with E-state index in [4.69, 9.17) is 0 Å². The van der Waals surface area contributed by atoms with E-state index in [1.165, 1.54) is 11.8 Å². The van der Waals surface area contributed by atoms with Crippen molar-refractivity contribution in [3.05, 3.63) is 77.6 Å². The molecule has 0 unspecified atom stereocenters. The minimum absolute atomic E-state index is 0.0333. The van der Waals surface area contributed by atoms with Crippen LogP contribution in [0.5, 0.6) is 0 Å². The molecule has 0 spiro atoms. The molecule has 0 aliphatic carbocycles. The van der Waals surface area contributed by atoms with Crippen molar-refractivity contribution >= 4 is 29.6 Å². The molecule has 4 amide bonds. The van der Waals surface area contributed by atoms with Crippen LogP contribution in [0.2, 0.25) is 0 Å². The van der Waals surface area contributed by atoms with Crippen LogP contribution in [0.4, 0.5) is 4.79 Å². The molecule has 1 aliphatic heterocycles. The van der Waals surface area contributed by atoms with E-state index in [1.54, 1.807) is 24.3 Å². The molecule has 3 aromatic rings. The second-order valence-corrected chi connectivity index (χ2v) is 8.56. The van der Waals surface area contributed by atoms with Gasteiger partial charge in [0.25, 0.3) is 5.91 Å². The number of amides is 4. The number of benzene rings is 2. The van der Waals surface area contributed by atoms with Crippen LogP contribution >= 0.6 is 11.8 Å². The lowest BCUT2D eigenvalue weighted by Gasteiger charge is -2.25. The molecule has 4 rings (SSSR count). The molecule has 10 heteroatoms. The van der Waals surface area contributed by atoms with Crippen LogP contribution in [0, 0.1) is 6.92 Å². The predicted octanol–water partition coefficient (Wildman–Crippen LogP) is 2.62. The third kappa shape index (κ3) is 4.47. The Balaban J connectivity index is 1.42. The van der Waals surface area contributed by atoms with Gasteiger partial charge in [-0.05, 0) is 24.5 Å². The van der Waals surface area contributed by atoms with Crippen molar-refractivity contribution < 1.29 is 14.4 Å². The van der Waals surface area contributed by atoms with Gasteiger partial charge in [0, 0.05) is 0 Å². The molecule has 1 fully saturated rings. The van der Waals surface area contributed by atoms with Gasteiger partial charge < -0.3 is 9.88 Å². The number of aryl methyl sites for hydroxylation is 1. The van der Waals surface area contributed by atoms with Gasteiger partial charge in [0.2, 0.25) is 5.91 Å². The summed E-state index contributed by atoms with van der Waals surface area (Å²) >= 11 is 1.19. The number of nitrogens with one attached hydrogen (secondary N) is 2. The van der Waals surface area contributed by atoms with Gasteiger partial charge in [0.1, 0.15) is 11.4 Å². The lowest BCUT2D eigenvalue weighted by molar-refractivity contribution is -0.138. The fourth-order valence-corrected chi connectivity index (χ4v) is 4.52. The smallest absolute Gasteiger partial charge is 0.318 e. The van der Waals surface area contributed by atoms with E-state index in [1.807, 2.05) is 54.8 Å². The number of carbonyl (C=O) groups excluding carboxylic acids is 3. The predicted molar refractivity (Wildman–Crippen MR) is 123 cm³/mol. The molecule has 1 atom stereocenters. The van der Waals surface area contributed by atoms with Gasteiger partial charge in [-0.1, -0.05) is 79.3 Å². The molecular weight excluding hydrogens is 440 g/mol. The lowest BCUT2D eigenvalue weighted by Crippen LogP contribution is -2.49. The Morgan fingerprint density at radius 1 is 1.06 bits per heavy atom. The summed E-state index contributed by atoms with van der Waals surface area (Å²) in [5.41, 5.74) is 2.99. The van der Waals surface area contributed by atoms with E-state index < -0.39 is 23.4 Å². The first kappa shape index (κ1) is 22.5. The van der Waals surface area contributed by atoms with Crippen molar-refractivity contribution in [1.29, 1.82) is 0 Å². The number of urea groups is 1. The second kappa shape index (κ2) is 9.45. The number of imide groups is 1. The highest BCUT2D eigenvalue weighted by molar-refractivity contribution is 7.99. The number of thioether (sulfide) groups is 1. The molecule has 9 nitrogen and oxygen atoms in total. The highest BCUT2D eigenvalue weighted by atomic mass is 32.2. The van der Waals surface area contributed by atoms with E-state index in [9.17, 15) is 14.4 Å². The highest BCUT2D eigenvalue weighted by Crippen LogP contribution is 2.31. The van der Waals surface area contributed by atoms with Gasteiger partial charge in [-0.25, -0.2) is 4.79 Å². The first-order chi connectivity index (χ1) is 15.9. The molecule has 2 heterocycles. The molecule has 2 aromatic carbocycles. The summed E-state index contributed by atoms with van der Waals surface area (Å²) in [5, 5.41) is 12.4. The van der Waals surface area contributed by atoms with Crippen molar-refractivity contribution in [3.8, 4) is 0 Å². The van der Waals surface area contributed by atoms with Crippen LogP contribution in [0.25, 0.3) is 0 Å². The molecule has 33 heavy (non-hydrogen) atoms. The molecule has 1 saturated heterocycles. The minimum Gasteiger partial charge on any atom is -0.318 e. The van der Waals surface area contributed by atoms with Crippen molar-refractivity contribution in [2.24, 2.45) is 0 Å². The molecular formula is C23H24N6O3S. The van der Waals surface area contributed by atoms with Gasteiger partial charge >= 0.3 is 6.03 Å². The van der Waals surface area contributed by atoms with Gasteiger partial charge in [0.15, 0.2) is 5.16 Å². The van der Waals surface area contributed by atoms with Crippen LogP contribution in [0.3, 0.4) is 0 Å². The number of aromatic nitrogens is 3. The van der Waals surface area contributed by atoms with Crippen molar-refractivity contribution in [3.63, 3.8) is 0 Å². The summed E-state index contributed by atoms with van der Waals surface area (Å²) in [7, 11) is 0. The normalized spacial score (nSPS) is 17.8. The zero-order chi connectivity index (χ0) is 23.4. The Bertz CT molecular complexity index is 1170. The fraction of sp³-hybridized carbons (Fsp3) is 0.261. The van der Waals surface area contributed by atoms with Crippen molar-refractivity contribution in [2.45, 2.75) is 37.5 Å². The Morgan fingerprint density at radius 2 is 1.73 bits per heavy atom. The largest absolute Gasteiger partial charge is 0.344 e. The fourth-order valence-electron chi connectivity index (χ4n) is 3.74. The first-order valence-electron chi connectivity index (χ1n) is 10.5. The van der Waals surface area contributed by atoms with Gasteiger partial charge in [-0.3, -0.25) is 15.0 Å². The van der Waals surface area contributed by atoms with E-state index >= 15 is 0 Å². The molecule has 0 bridgehead atoms. The molecule has 0 radical (unpaired) electrons. The molecule has 1 aliphatic rings. The zero-order valence-corrected chi connectivity index (χ0v) is 19.1.